The molecule has 0 unspecified atom stereocenters. The number of amides is 1. The van der Waals surface area contributed by atoms with E-state index < -0.39 is 0 Å². The number of nitrogens with one attached hydrogen (secondary N) is 2. The van der Waals surface area contributed by atoms with Crippen molar-refractivity contribution in [1.29, 1.82) is 0 Å². The first kappa shape index (κ1) is 17.0. The number of carbonyl (C=O) groups excluding carboxylic acids is 1. The van der Waals surface area contributed by atoms with Crippen LogP contribution in [0.2, 0.25) is 4.34 Å². The molecule has 3 aromatic heterocycles. The SMILES string of the molecule is Cc1c(C(=O)N[C@@H]2CCCc3sc(Cl)cc32)cnn1-c1ccc(=O)[nH]n1. The van der Waals surface area contributed by atoms with E-state index in [1.54, 1.807) is 24.3 Å². The van der Waals surface area contributed by atoms with Crippen molar-refractivity contribution in [3.8, 4) is 5.82 Å². The molecule has 1 amide bonds. The summed E-state index contributed by atoms with van der Waals surface area (Å²) in [7, 11) is 0. The number of aromatic nitrogens is 4. The van der Waals surface area contributed by atoms with E-state index in [2.05, 4.69) is 20.6 Å². The van der Waals surface area contributed by atoms with Gasteiger partial charge in [-0.3, -0.25) is 9.59 Å². The highest BCUT2D eigenvalue weighted by atomic mass is 35.5. The Balaban J connectivity index is 1.58. The van der Waals surface area contributed by atoms with Crippen molar-refractivity contribution in [2.24, 2.45) is 0 Å². The van der Waals surface area contributed by atoms with Gasteiger partial charge in [0, 0.05) is 10.9 Å². The second-order valence-corrected chi connectivity index (χ2v) is 7.95. The van der Waals surface area contributed by atoms with Crippen molar-refractivity contribution >= 4 is 28.8 Å². The first-order valence-corrected chi connectivity index (χ1v) is 9.42. The minimum absolute atomic E-state index is 0.0380. The Kier molecular flexibility index (Phi) is 4.37. The number of rotatable bonds is 3. The molecule has 7 nitrogen and oxygen atoms in total. The van der Waals surface area contributed by atoms with E-state index in [9.17, 15) is 9.59 Å². The Morgan fingerprint density at radius 1 is 1.46 bits per heavy atom. The number of halogens is 1. The molecule has 0 spiro atoms. The number of carbonyl (C=O) groups is 1. The molecule has 1 aliphatic carbocycles. The van der Waals surface area contributed by atoms with Gasteiger partial charge in [0.05, 0.1) is 27.8 Å². The van der Waals surface area contributed by atoms with Crippen LogP contribution in [0.5, 0.6) is 0 Å². The van der Waals surface area contributed by atoms with Crippen molar-refractivity contribution in [1.82, 2.24) is 25.3 Å². The van der Waals surface area contributed by atoms with Gasteiger partial charge in [0.1, 0.15) is 0 Å². The summed E-state index contributed by atoms with van der Waals surface area (Å²) in [5.41, 5.74) is 1.96. The van der Waals surface area contributed by atoms with Crippen LogP contribution in [-0.4, -0.2) is 25.9 Å². The van der Waals surface area contributed by atoms with Crippen molar-refractivity contribution in [3.63, 3.8) is 0 Å². The van der Waals surface area contributed by atoms with Crippen LogP contribution in [0, 0.1) is 6.92 Å². The lowest BCUT2D eigenvalue weighted by atomic mass is 9.94. The van der Waals surface area contributed by atoms with Crippen molar-refractivity contribution < 1.29 is 4.79 Å². The number of H-pyrrole nitrogens is 1. The highest BCUT2D eigenvalue weighted by Crippen LogP contribution is 2.37. The minimum Gasteiger partial charge on any atom is -0.345 e. The summed E-state index contributed by atoms with van der Waals surface area (Å²) >= 11 is 7.72. The Morgan fingerprint density at radius 3 is 3.08 bits per heavy atom. The fourth-order valence-electron chi connectivity index (χ4n) is 3.23. The molecule has 0 saturated heterocycles. The van der Waals surface area contributed by atoms with Crippen LogP contribution >= 0.6 is 22.9 Å². The van der Waals surface area contributed by atoms with Gasteiger partial charge in [-0.15, -0.1) is 11.3 Å². The van der Waals surface area contributed by atoms with E-state index >= 15 is 0 Å². The van der Waals surface area contributed by atoms with Gasteiger partial charge >= 0.3 is 0 Å². The monoisotopic (exact) mass is 389 g/mol. The average Bonchev–Trinajstić information content (AvgIpc) is 3.18. The Hall–Kier alpha value is -2.45. The number of thiophene rings is 1. The van der Waals surface area contributed by atoms with Crippen LogP contribution in [-0.2, 0) is 6.42 Å². The van der Waals surface area contributed by atoms with Gasteiger partial charge in [0.2, 0.25) is 0 Å². The van der Waals surface area contributed by atoms with Crippen LogP contribution in [0.1, 0.15) is 45.4 Å². The van der Waals surface area contributed by atoms with Gasteiger partial charge in [0.25, 0.3) is 11.5 Å². The third-order valence-corrected chi connectivity index (χ3v) is 5.86. The highest BCUT2D eigenvalue weighted by molar-refractivity contribution is 7.16. The standard InChI is InChI=1S/C17H16ClN5O2S/c1-9-11(8-19-23(9)15-5-6-16(24)22-21-15)17(25)20-12-3-2-4-13-10(12)7-14(18)26-13/h5-8,12H,2-4H2,1H3,(H,20,25)(H,22,24)/t12-/m1/s1. The summed E-state index contributed by atoms with van der Waals surface area (Å²) in [5.74, 6) is 0.268. The van der Waals surface area contributed by atoms with Crippen LogP contribution in [0.3, 0.4) is 0 Å². The summed E-state index contributed by atoms with van der Waals surface area (Å²) in [6, 6.07) is 4.84. The van der Waals surface area contributed by atoms with E-state index in [1.165, 1.54) is 21.8 Å². The molecular formula is C17H16ClN5O2S. The average molecular weight is 390 g/mol. The zero-order valence-corrected chi connectivity index (χ0v) is 15.5. The Labute approximate surface area is 158 Å². The van der Waals surface area contributed by atoms with E-state index in [0.29, 0.717) is 17.1 Å². The van der Waals surface area contributed by atoms with Gasteiger partial charge in [-0.25, -0.2) is 9.78 Å². The smallest absolute Gasteiger partial charge is 0.264 e. The van der Waals surface area contributed by atoms with Crippen LogP contribution in [0.15, 0.2) is 29.2 Å². The van der Waals surface area contributed by atoms with E-state index in [1.807, 2.05) is 6.07 Å². The van der Waals surface area contributed by atoms with Gasteiger partial charge in [-0.2, -0.15) is 10.2 Å². The molecule has 26 heavy (non-hydrogen) atoms. The van der Waals surface area contributed by atoms with Crippen molar-refractivity contribution in [2.45, 2.75) is 32.2 Å². The molecule has 4 rings (SSSR count). The van der Waals surface area contributed by atoms with Gasteiger partial charge in [-0.05, 0) is 43.9 Å². The van der Waals surface area contributed by atoms with Crippen LogP contribution < -0.4 is 10.9 Å². The molecule has 1 atom stereocenters. The largest absolute Gasteiger partial charge is 0.345 e. The van der Waals surface area contributed by atoms with Gasteiger partial charge in [-0.1, -0.05) is 11.6 Å². The maximum absolute atomic E-state index is 12.8. The number of hydrogen-bond donors (Lipinski definition) is 2. The Bertz CT molecular complexity index is 1020. The molecule has 0 bridgehead atoms. The summed E-state index contributed by atoms with van der Waals surface area (Å²) < 4.78 is 2.28. The van der Waals surface area contributed by atoms with Crippen LogP contribution in [0.25, 0.3) is 5.82 Å². The van der Waals surface area contributed by atoms with Crippen LogP contribution in [0.4, 0.5) is 0 Å². The summed E-state index contributed by atoms with van der Waals surface area (Å²) in [4.78, 5) is 25.2. The molecule has 2 N–H and O–H groups in total. The number of hydrogen-bond acceptors (Lipinski definition) is 5. The molecule has 0 saturated carbocycles. The summed E-state index contributed by atoms with van der Waals surface area (Å²) in [5, 5.41) is 13.6. The minimum atomic E-state index is -0.293. The zero-order valence-electron chi connectivity index (χ0n) is 14.0. The maximum Gasteiger partial charge on any atom is 0.264 e. The second kappa shape index (κ2) is 6.69. The summed E-state index contributed by atoms with van der Waals surface area (Å²) in [6.45, 7) is 1.79. The topological polar surface area (TPSA) is 92.7 Å². The molecule has 0 aromatic carbocycles. The van der Waals surface area contributed by atoms with Gasteiger partial charge < -0.3 is 5.32 Å². The van der Waals surface area contributed by atoms with Crippen molar-refractivity contribution in [3.05, 3.63) is 60.8 Å². The van der Waals surface area contributed by atoms with Gasteiger partial charge in [0.15, 0.2) is 5.82 Å². The lowest BCUT2D eigenvalue weighted by molar-refractivity contribution is 0.0932. The lowest BCUT2D eigenvalue weighted by Gasteiger charge is -2.23. The fraction of sp³-hybridized carbons (Fsp3) is 0.294. The maximum atomic E-state index is 12.8. The fourth-order valence-corrected chi connectivity index (χ4v) is 4.61. The molecule has 9 heteroatoms. The second-order valence-electron chi connectivity index (χ2n) is 6.18. The van der Waals surface area contributed by atoms with Crippen molar-refractivity contribution in [2.75, 3.05) is 0 Å². The third kappa shape index (κ3) is 3.06. The molecule has 0 fully saturated rings. The van der Waals surface area contributed by atoms with E-state index in [-0.39, 0.29) is 17.5 Å². The zero-order chi connectivity index (χ0) is 18.3. The molecule has 3 aromatic rings. The quantitative estimate of drug-likeness (QED) is 0.720. The Morgan fingerprint density at radius 2 is 2.31 bits per heavy atom. The molecule has 134 valence electrons. The number of aryl methyl sites for hydroxylation is 1. The lowest BCUT2D eigenvalue weighted by Crippen LogP contribution is -2.30. The predicted octanol–water partition coefficient (Wildman–Crippen LogP) is 2.79. The molecule has 0 radical (unpaired) electrons. The molecular weight excluding hydrogens is 374 g/mol. The van der Waals surface area contributed by atoms with E-state index in [4.69, 9.17) is 11.6 Å². The number of nitrogens with zero attached hydrogens (tertiary/aromatic N) is 3. The third-order valence-electron chi connectivity index (χ3n) is 4.52. The molecule has 1 aliphatic rings. The molecule has 0 aliphatic heterocycles. The first-order chi connectivity index (χ1) is 12.5. The number of fused-ring (bicyclic) bond motifs is 1. The molecule has 3 heterocycles. The first-order valence-electron chi connectivity index (χ1n) is 8.22. The normalized spacial score (nSPS) is 16.3. The summed E-state index contributed by atoms with van der Waals surface area (Å²) in [6.07, 6.45) is 4.44. The van der Waals surface area contributed by atoms with E-state index in [0.717, 1.165) is 29.2 Å². The highest BCUT2D eigenvalue weighted by Gasteiger charge is 2.26. The number of aromatic amines is 1. The predicted molar refractivity (Wildman–Crippen MR) is 99.2 cm³/mol.